The number of furan rings is 1. The molecule has 0 aromatic carbocycles. The molecule has 0 atom stereocenters. The Morgan fingerprint density at radius 1 is 1.15 bits per heavy atom. The summed E-state index contributed by atoms with van der Waals surface area (Å²) >= 11 is 0. The molecule has 2 aromatic heterocycles. The predicted octanol–water partition coefficient (Wildman–Crippen LogP) is 3.06. The van der Waals surface area contributed by atoms with Crippen molar-refractivity contribution in [3.63, 3.8) is 0 Å². The van der Waals surface area contributed by atoms with Crippen molar-refractivity contribution in [3.8, 4) is 0 Å². The summed E-state index contributed by atoms with van der Waals surface area (Å²) in [4.78, 5) is 11.0. The third-order valence-corrected chi connectivity index (χ3v) is 3.61. The molecular weight excluding hydrogens is 252 g/mol. The molecule has 0 aliphatic carbocycles. The lowest BCUT2D eigenvalue weighted by Gasteiger charge is -2.21. The van der Waals surface area contributed by atoms with Crippen molar-refractivity contribution in [2.75, 3.05) is 23.3 Å². The minimum absolute atomic E-state index is 0.642. The van der Waals surface area contributed by atoms with Crippen LogP contribution >= 0.6 is 0 Å². The molecule has 106 valence electrons. The highest BCUT2D eigenvalue weighted by molar-refractivity contribution is 5.48. The van der Waals surface area contributed by atoms with Gasteiger partial charge in [0.2, 0.25) is 0 Å². The molecule has 0 spiro atoms. The summed E-state index contributed by atoms with van der Waals surface area (Å²) in [7, 11) is 0. The highest BCUT2D eigenvalue weighted by Gasteiger charge is 2.11. The van der Waals surface area contributed by atoms with Crippen LogP contribution in [0.3, 0.4) is 0 Å². The van der Waals surface area contributed by atoms with Gasteiger partial charge >= 0.3 is 0 Å². The summed E-state index contributed by atoms with van der Waals surface area (Å²) in [6.07, 6.45) is 8.46. The third-order valence-electron chi connectivity index (χ3n) is 3.61. The third kappa shape index (κ3) is 3.29. The molecule has 2 aromatic rings. The zero-order valence-corrected chi connectivity index (χ0v) is 11.6. The second-order valence-electron chi connectivity index (χ2n) is 5.10. The lowest BCUT2D eigenvalue weighted by Crippen LogP contribution is -2.25. The predicted molar refractivity (Wildman–Crippen MR) is 78.7 cm³/mol. The van der Waals surface area contributed by atoms with Crippen molar-refractivity contribution >= 4 is 11.6 Å². The number of nitrogens with one attached hydrogen (secondary N) is 1. The molecule has 1 fully saturated rings. The summed E-state index contributed by atoms with van der Waals surface area (Å²) in [5, 5.41) is 3.27. The van der Waals surface area contributed by atoms with Gasteiger partial charge < -0.3 is 14.6 Å². The zero-order chi connectivity index (χ0) is 13.6. The maximum absolute atomic E-state index is 5.30. The number of rotatable bonds is 4. The van der Waals surface area contributed by atoms with Crippen molar-refractivity contribution < 1.29 is 4.42 Å². The van der Waals surface area contributed by atoms with Crippen molar-refractivity contribution in [2.45, 2.75) is 32.2 Å². The Kier molecular flexibility index (Phi) is 4.16. The quantitative estimate of drug-likeness (QED) is 0.927. The first-order valence-electron chi connectivity index (χ1n) is 7.25. The van der Waals surface area contributed by atoms with Crippen LogP contribution < -0.4 is 10.2 Å². The first-order chi connectivity index (χ1) is 9.92. The molecule has 0 radical (unpaired) electrons. The van der Waals surface area contributed by atoms with Crippen molar-refractivity contribution in [1.29, 1.82) is 0 Å². The standard InChI is InChI=1S/C15H20N4O/c1-2-4-8-19(7-3-1)15-10-14(17-12-18-15)16-11-13-6-5-9-20-13/h5-6,9-10,12H,1-4,7-8,11H2,(H,16,17,18). The van der Waals surface area contributed by atoms with Crippen LogP contribution in [0.1, 0.15) is 31.4 Å². The molecule has 0 bridgehead atoms. The molecule has 1 saturated heterocycles. The van der Waals surface area contributed by atoms with E-state index in [1.807, 2.05) is 18.2 Å². The minimum Gasteiger partial charge on any atom is -0.467 e. The van der Waals surface area contributed by atoms with E-state index in [9.17, 15) is 0 Å². The average Bonchev–Trinajstić information content (AvgIpc) is 2.86. The Bertz CT molecular complexity index is 518. The molecule has 5 nitrogen and oxygen atoms in total. The molecule has 3 heterocycles. The molecule has 1 aliphatic heterocycles. The zero-order valence-electron chi connectivity index (χ0n) is 11.6. The fourth-order valence-corrected chi connectivity index (χ4v) is 2.51. The topological polar surface area (TPSA) is 54.2 Å². The Labute approximate surface area is 119 Å². The fraction of sp³-hybridized carbons (Fsp3) is 0.467. The van der Waals surface area contributed by atoms with E-state index in [1.165, 1.54) is 25.7 Å². The van der Waals surface area contributed by atoms with E-state index < -0.39 is 0 Å². The average molecular weight is 272 g/mol. The Balaban J connectivity index is 1.65. The van der Waals surface area contributed by atoms with Crippen molar-refractivity contribution in [1.82, 2.24) is 9.97 Å². The summed E-state index contributed by atoms with van der Waals surface area (Å²) in [6, 6.07) is 5.86. The number of hydrogen-bond donors (Lipinski definition) is 1. The highest BCUT2D eigenvalue weighted by Crippen LogP contribution is 2.19. The molecule has 1 N–H and O–H groups in total. The smallest absolute Gasteiger partial charge is 0.134 e. The number of hydrogen-bond acceptors (Lipinski definition) is 5. The lowest BCUT2D eigenvalue weighted by molar-refractivity contribution is 0.518. The van der Waals surface area contributed by atoms with E-state index in [0.29, 0.717) is 6.54 Å². The van der Waals surface area contributed by atoms with E-state index >= 15 is 0 Å². The molecule has 0 amide bonds. The van der Waals surface area contributed by atoms with E-state index in [4.69, 9.17) is 4.42 Å². The van der Waals surface area contributed by atoms with Gasteiger partial charge in [0.25, 0.3) is 0 Å². The Morgan fingerprint density at radius 2 is 2.00 bits per heavy atom. The number of aromatic nitrogens is 2. The fourth-order valence-electron chi connectivity index (χ4n) is 2.51. The van der Waals surface area contributed by atoms with Gasteiger partial charge in [-0.3, -0.25) is 0 Å². The first-order valence-corrected chi connectivity index (χ1v) is 7.25. The van der Waals surface area contributed by atoms with Gasteiger partial charge in [-0.15, -0.1) is 0 Å². The SMILES string of the molecule is c1coc(CNc2cc(N3CCCCCC3)ncn2)c1. The number of anilines is 2. The Hall–Kier alpha value is -2.04. The van der Waals surface area contributed by atoms with Gasteiger partial charge in [0, 0.05) is 19.2 Å². The molecule has 1 aliphatic rings. The van der Waals surface area contributed by atoms with Crippen LogP contribution in [0.15, 0.2) is 35.2 Å². The van der Waals surface area contributed by atoms with Gasteiger partial charge in [-0.1, -0.05) is 12.8 Å². The monoisotopic (exact) mass is 272 g/mol. The molecule has 0 saturated carbocycles. The summed E-state index contributed by atoms with van der Waals surface area (Å²) in [6.45, 7) is 2.83. The van der Waals surface area contributed by atoms with Crippen LogP contribution in [-0.2, 0) is 6.54 Å². The molecular formula is C15H20N4O. The van der Waals surface area contributed by atoms with Gasteiger partial charge in [-0.05, 0) is 25.0 Å². The lowest BCUT2D eigenvalue weighted by atomic mass is 10.2. The summed E-state index contributed by atoms with van der Waals surface area (Å²) in [5.74, 6) is 2.76. The second kappa shape index (κ2) is 6.41. The van der Waals surface area contributed by atoms with Gasteiger partial charge in [0.15, 0.2) is 0 Å². The van der Waals surface area contributed by atoms with Gasteiger partial charge in [-0.2, -0.15) is 0 Å². The molecule has 0 unspecified atom stereocenters. The van der Waals surface area contributed by atoms with Crippen LogP contribution in [0, 0.1) is 0 Å². The Morgan fingerprint density at radius 3 is 2.75 bits per heavy atom. The first kappa shape index (κ1) is 13.0. The normalized spacial score (nSPS) is 15.9. The highest BCUT2D eigenvalue weighted by atomic mass is 16.3. The van der Waals surface area contributed by atoms with E-state index in [2.05, 4.69) is 20.2 Å². The molecule has 20 heavy (non-hydrogen) atoms. The van der Waals surface area contributed by atoms with Gasteiger partial charge in [0.05, 0.1) is 12.8 Å². The van der Waals surface area contributed by atoms with Crippen molar-refractivity contribution in [2.24, 2.45) is 0 Å². The maximum atomic E-state index is 5.30. The minimum atomic E-state index is 0.642. The van der Waals surface area contributed by atoms with Crippen LogP contribution in [-0.4, -0.2) is 23.1 Å². The molecule has 3 rings (SSSR count). The van der Waals surface area contributed by atoms with Gasteiger partial charge in [-0.25, -0.2) is 9.97 Å². The van der Waals surface area contributed by atoms with Crippen LogP contribution in [0.4, 0.5) is 11.6 Å². The number of nitrogens with zero attached hydrogens (tertiary/aromatic N) is 3. The largest absolute Gasteiger partial charge is 0.467 e. The maximum Gasteiger partial charge on any atom is 0.134 e. The molecule has 5 heteroatoms. The summed E-state index contributed by atoms with van der Waals surface area (Å²) < 4.78 is 5.30. The van der Waals surface area contributed by atoms with Crippen molar-refractivity contribution in [3.05, 3.63) is 36.5 Å². The summed E-state index contributed by atoms with van der Waals surface area (Å²) in [5.41, 5.74) is 0. The van der Waals surface area contributed by atoms with Crippen LogP contribution in [0.25, 0.3) is 0 Å². The van der Waals surface area contributed by atoms with E-state index in [0.717, 1.165) is 30.5 Å². The van der Waals surface area contributed by atoms with E-state index in [1.54, 1.807) is 12.6 Å². The van der Waals surface area contributed by atoms with Crippen LogP contribution in [0.5, 0.6) is 0 Å². The van der Waals surface area contributed by atoms with Crippen LogP contribution in [0.2, 0.25) is 0 Å². The van der Waals surface area contributed by atoms with Gasteiger partial charge in [0.1, 0.15) is 23.7 Å². The van der Waals surface area contributed by atoms with E-state index in [-0.39, 0.29) is 0 Å². The second-order valence-corrected chi connectivity index (χ2v) is 5.10.